The molecule has 0 N–H and O–H groups in total. The molecule has 0 spiro atoms. The first-order valence-electron chi connectivity index (χ1n) is 22.6. The molecule has 0 bridgehead atoms. The van der Waals surface area contributed by atoms with Gasteiger partial charge < -0.3 is 9.47 Å². The Hall–Kier alpha value is -7.94. The summed E-state index contributed by atoms with van der Waals surface area (Å²) in [6.45, 7) is 0. The molecule has 10 aromatic rings. The van der Waals surface area contributed by atoms with Crippen molar-refractivity contribution in [3.63, 3.8) is 0 Å². The molecular weight excluding hydrogens is 773 g/mol. The zero-order chi connectivity index (χ0) is 42.4. The maximum atomic E-state index is 2.48. The van der Waals surface area contributed by atoms with E-state index in [1.807, 2.05) is 0 Å². The fraction of sp³-hybridized carbons (Fsp3) is 0.0645. The molecule has 0 fully saturated rings. The summed E-state index contributed by atoms with van der Waals surface area (Å²) in [6.07, 6.45) is 19.1. The molecule has 2 nitrogen and oxygen atoms in total. The molecule has 0 saturated heterocycles. The predicted molar refractivity (Wildman–Crippen MR) is 274 cm³/mol. The SMILES string of the molecule is C1=CCC(c2cc(-c3ccccc3)cc(-c3ccc(N(c4cccc(-c5c6ccccc6cc6c5c5ccccc5n6C5=CCCC=C5)c4)c4ccc5ccccc5c4)cc3)c2)C=C1. The van der Waals surface area contributed by atoms with Gasteiger partial charge in [-0.3, -0.25) is 0 Å². The molecule has 0 saturated carbocycles. The average Bonchev–Trinajstić information content (AvgIpc) is 3.70. The number of para-hydroxylation sites is 1. The number of allylic oxidation sites excluding steroid dienone is 8. The Labute approximate surface area is 374 Å². The van der Waals surface area contributed by atoms with Crippen molar-refractivity contribution in [3.8, 4) is 33.4 Å². The number of rotatable bonds is 8. The summed E-state index contributed by atoms with van der Waals surface area (Å²) >= 11 is 0. The Morgan fingerprint density at radius 2 is 1.14 bits per heavy atom. The maximum Gasteiger partial charge on any atom is 0.0553 e. The van der Waals surface area contributed by atoms with Gasteiger partial charge in [-0.1, -0.05) is 176 Å². The molecular formula is C62H46N2. The van der Waals surface area contributed by atoms with Crippen LogP contribution in [0, 0.1) is 0 Å². The van der Waals surface area contributed by atoms with Crippen LogP contribution in [0.25, 0.3) is 82.4 Å². The van der Waals surface area contributed by atoms with Gasteiger partial charge in [-0.25, -0.2) is 0 Å². The van der Waals surface area contributed by atoms with E-state index in [9.17, 15) is 0 Å². The molecule has 0 aliphatic heterocycles. The highest BCUT2D eigenvalue weighted by atomic mass is 15.1. The van der Waals surface area contributed by atoms with Crippen molar-refractivity contribution in [1.82, 2.24) is 4.57 Å². The molecule has 2 heteroatoms. The molecule has 0 radical (unpaired) electrons. The summed E-state index contributed by atoms with van der Waals surface area (Å²) in [5.41, 5.74) is 15.7. The Balaban J connectivity index is 1.03. The lowest BCUT2D eigenvalue weighted by Crippen LogP contribution is -2.10. The number of fused-ring (bicyclic) bond motifs is 5. The number of hydrogen-bond acceptors (Lipinski definition) is 1. The van der Waals surface area contributed by atoms with Crippen LogP contribution < -0.4 is 4.90 Å². The molecule has 1 heterocycles. The van der Waals surface area contributed by atoms with Crippen LogP contribution >= 0.6 is 0 Å². The van der Waals surface area contributed by atoms with Crippen LogP contribution in [0.15, 0.2) is 237 Å². The van der Waals surface area contributed by atoms with Crippen molar-refractivity contribution in [2.24, 2.45) is 0 Å². The normalized spacial score (nSPS) is 14.8. The third kappa shape index (κ3) is 6.76. The largest absolute Gasteiger partial charge is 0.310 e. The maximum absolute atomic E-state index is 2.48. The standard InChI is InChI=1S/C62H46N2/c1-4-17-43(18-5-1)50-37-51(44-19-6-2-7-20-44)39-52(38-50)46-31-34-54(35-32-46)63(56-36-33-45-21-10-11-22-47(45)40-56)55-27-16-24-49(41-55)61-57-28-13-12-23-48(57)42-60-62(61)58-29-14-15-30-59(58)64(60)53-25-8-3-9-26-53/h1-2,4-8,10-19,21-42,44H,3,9,20H2. The minimum Gasteiger partial charge on any atom is -0.310 e. The molecule has 2 aliphatic carbocycles. The van der Waals surface area contributed by atoms with Crippen molar-refractivity contribution in [2.45, 2.75) is 25.2 Å². The van der Waals surface area contributed by atoms with Gasteiger partial charge in [0, 0.05) is 39.4 Å². The van der Waals surface area contributed by atoms with E-state index in [4.69, 9.17) is 0 Å². The van der Waals surface area contributed by atoms with Gasteiger partial charge in [0.25, 0.3) is 0 Å². The molecule has 304 valence electrons. The van der Waals surface area contributed by atoms with Gasteiger partial charge in [-0.2, -0.15) is 0 Å². The summed E-state index contributed by atoms with van der Waals surface area (Å²) in [5.74, 6) is 0.350. The summed E-state index contributed by atoms with van der Waals surface area (Å²) in [6, 6.07) is 72.0. The minimum atomic E-state index is 0.350. The van der Waals surface area contributed by atoms with E-state index in [0.29, 0.717) is 5.92 Å². The van der Waals surface area contributed by atoms with Gasteiger partial charge >= 0.3 is 0 Å². The van der Waals surface area contributed by atoms with Crippen molar-refractivity contribution >= 4 is 66.1 Å². The van der Waals surface area contributed by atoms with Gasteiger partial charge in [-0.05, 0) is 140 Å². The van der Waals surface area contributed by atoms with E-state index < -0.39 is 0 Å². The lowest BCUT2D eigenvalue weighted by atomic mass is 9.87. The Kier molecular flexibility index (Phi) is 9.49. The van der Waals surface area contributed by atoms with Crippen LogP contribution in [0.3, 0.4) is 0 Å². The summed E-state index contributed by atoms with van der Waals surface area (Å²) in [4.78, 5) is 2.42. The van der Waals surface area contributed by atoms with Crippen molar-refractivity contribution in [1.29, 1.82) is 0 Å². The summed E-state index contributed by atoms with van der Waals surface area (Å²) < 4.78 is 2.48. The lowest BCUT2D eigenvalue weighted by molar-refractivity contribution is 0.854. The number of hydrogen-bond donors (Lipinski definition) is 0. The number of benzene rings is 9. The van der Waals surface area contributed by atoms with Crippen molar-refractivity contribution in [3.05, 3.63) is 242 Å². The van der Waals surface area contributed by atoms with Crippen LogP contribution in [0.2, 0.25) is 0 Å². The Morgan fingerprint density at radius 1 is 0.438 bits per heavy atom. The molecule has 12 rings (SSSR count). The van der Waals surface area contributed by atoms with Crippen LogP contribution in [-0.4, -0.2) is 4.57 Å². The zero-order valence-electron chi connectivity index (χ0n) is 35.6. The summed E-state index contributed by atoms with van der Waals surface area (Å²) in [7, 11) is 0. The second-order valence-corrected chi connectivity index (χ2v) is 17.2. The first kappa shape index (κ1) is 37.8. The van der Waals surface area contributed by atoms with Crippen LogP contribution in [-0.2, 0) is 0 Å². The average molecular weight is 819 g/mol. The smallest absolute Gasteiger partial charge is 0.0553 e. The second kappa shape index (κ2) is 16.1. The van der Waals surface area contributed by atoms with E-state index in [0.717, 1.165) is 36.3 Å². The van der Waals surface area contributed by atoms with E-state index in [-0.39, 0.29) is 0 Å². The van der Waals surface area contributed by atoms with Gasteiger partial charge in [-0.15, -0.1) is 0 Å². The van der Waals surface area contributed by atoms with Gasteiger partial charge in [0.2, 0.25) is 0 Å². The fourth-order valence-electron chi connectivity index (χ4n) is 10.2. The van der Waals surface area contributed by atoms with Gasteiger partial charge in [0.1, 0.15) is 0 Å². The van der Waals surface area contributed by atoms with Crippen molar-refractivity contribution < 1.29 is 0 Å². The highest BCUT2D eigenvalue weighted by molar-refractivity contribution is 6.23. The highest BCUT2D eigenvalue weighted by Crippen LogP contribution is 2.46. The van der Waals surface area contributed by atoms with E-state index in [1.54, 1.807) is 0 Å². The topological polar surface area (TPSA) is 8.17 Å². The third-order valence-electron chi connectivity index (χ3n) is 13.2. The first-order valence-corrected chi connectivity index (χ1v) is 22.6. The Bertz CT molecular complexity index is 3520. The zero-order valence-corrected chi connectivity index (χ0v) is 35.6. The van der Waals surface area contributed by atoms with E-state index >= 15 is 0 Å². The van der Waals surface area contributed by atoms with Crippen molar-refractivity contribution in [2.75, 3.05) is 4.90 Å². The minimum absolute atomic E-state index is 0.350. The number of aromatic nitrogens is 1. The highest BCUT2D eigenvalue weighted by Gasteiger charge is 2.22. The number of anilines is 3. The molecule has 9 aromatic carbocycles. The first-order chi connectivity index (χ1) is 31.7. The third-order valence-corrected chi connectivity index (χ3v) is 13.2. The summed E-state index contributed by atoms with van der Waals surface area (Å²) in [5, 5.41) is 7.47. The van der Waals surface area contributed by atoms with Gasteiger partial charge in [0.15, 0.2) is 0 Å². The predicted octanol–water partition coefficient (Wildman–Crippen LogP) is 17.4. The quantitative estimate of drug-likeness (QED) is 0.148. The molecule has 2 aliphatic rings. The molecule has 1 aromatic heterocycles. The number of nitrogens with zero attached hydrogens (tertiary/aromatic N) is 2. The lowest BCUT2D eigenvalue weighted by Gasteiger charge is -2.27. The van der Waals surface area contributed by atoms with Crippen LogP contribution in [0.5, 0.6) is 0 Å². The van der Waals surface area contributed by atoms with Crippen LogP contribution in [0.4, 0.5) is 17.1 Å². The molecule has 1 atom stereocenters. The fourth-order valence-corrected chi connectivity index (χ4v) is 10.2. The second-order valence-electron chi connectivity index (χ2n) is 17.2. The van der Waals surface area contributed by atoms with Crippen LogP contribution in [0.1, 0.15) is 30.7 Å². The molecule has 0 amide bonds. The Morgan fingerprint density at radius 3 is 1.94 bits per heavy atom. The van der Waals surface area contributed by atoms with E-state index in [1.165, 1.54) is 88.0 Å². The molecule has 1 unspecified atom stereocenters. The van der Waals surface area contributed by atoms with E-state index in [2.05, 4.69) is 246 Å². The monoisotopic (exact) mass is 818 g/mol. The van der Waals surface area contributed by atoms with Gasteiger partial charge in [0.05, 0.1) is 11.0 Å². The molecule has 64 heavy (non-hydrogen) atoms.